The molecular weight excluding hydrogens is 348 g/mol. The van der Waals surface area contributed by atoms with Crippen molar-refractivity contribution in [1.29, 1.82) is 0 Å². The fourth-order valence-corrected chi connectivity index (χ4v) is 4.17. The molecule has 0 bridgehead atoms. The highest BCUT2D eigenvalue weighted by Crippen LogP contribution is 2.29. The number of hydrogen-bond donors (Lipinski definition) is 1. The predicted octanol–water partition coefficient (Wildman–Crippen LogP) is 3.75. The molecule has 3 rings (SSSR count). The number of anilines is 2. The Kier molecular flexibility index (Phi) is 4.87. The molecule has 0 radical (unpaired) electrons. The minimum Gasteiger partial charge on any atom is -0.495 e. The molecule has 1 N–H and O–H groups in total. The van der Waals surface area contributed by atoms with Crippen LogP contribution in [0, 0.1) is 0 Å². The molecule has 0 amide bonds. The van der Waals surface area contributed by atoms with E-state index in [1.807, 2.05) is 18.2 Å². The summed E-state index contributed by atoms with van der Waals surface area (Å²) in [5, 5.41) is 0.256. The maximum atomic E-state index is 12.6. The van der Waals surface area contributed by atoms with Crippen LogP contribution in [0.25, 0.3) is 0 Å². The second kappa shape index (κ2) is 6.91. The van der Waals surface area contributed by atoms with Gasteiger partial charge in [-0.3, -0.25) is 4.72 Å². The Morgan fingerprint density at radius 2 is 1.88 bits per heavy atom. The fraction of sp³-hybridized carbons (Fsp3) is 0.294. The van der Waals surface area contributed by atoms with Crippen molar-refractivity contribution in [2.75, 3.05) is 29.8 Å². The maximum absolute atomic E-state index is 12.6. The third-order valence-electron chi connectivity index (χ3n) is 4.00. The summed E-state index contributed by atoms with van der Waals surface area (Å²) in [6.45, 7) is 2.01. The van der Waals surface area contributed by atoms with Gasteiger partial charge in [-0.15, -0.1) is 0 Å². The Balaban J connectivity index is 1.84. The zero-order chi connectivity index (χ0) is 17.2. The number of hydrogen-bond acceptors (Lipinski definition) is 4. The molecule has 1 heterocycles. The highest BCUT2D eigenvalue weighted by molar-refractivity contribution is 7.92. The molecule has 2 aromatic rings. The van der Waals surface area contributed by atoms with Crippen LogP contribution in [0.2, 0.25) is 5.02 Å². The number of rotatable bonds is 5. The molecule has 0 aliphatic carbocycles. The summed E-state index contributed by atoms with van der Waals surface area (Å²) in [7, 11) is -2.23. The first-order valence-electron chi connectivity index (χ1n) is 7.71. The van der Waals surface area contributed by atoms with E-state index in [0.29, 0.717) is 11.4 Å². The van der Waals surface area contributed by atoms with Crippen LogP contribution < -0.4 is 14.4 Å². The van der Waals surface area contributed by atoms with Gasteiger partial charge in [0.15, 0.2) is 0 Å². The third-order valence-corrected chi connectivity index (χ3v) is 5.68. The van der Waals surface area contributed by atoms with Crippen molar-refractivity contribution in [3.8, 4) is 5.75 Å². The van der Waals surface area contributed by atoms with Gasteiger partial charge in [-0.2, -0.15) is 0 Å². The van der Waals surface area contributed by atoms with E-state index in [1.54, 1.807) is 6.07 Å². The number of nitrogens with zero attached hydrogens (tertiary/aromatic N) is 1. The third kappa shape index (κ3) is 3.60. The van der Waals surface area contributed by atoms with E-state index < -0.39 is 10.0 Å². The average molecular weight is 367 g/mol. The Bertz CT molecular complexity index is 833. The van der Waals surface area contributed by atoms with Gasteiger partial charge in [0.1, 0.15) is 5.75 Å². The van der Waals surface area contributed by atoms with Crippen LogP contribution in [0.3, 0.4) is 0 Å². The Hall–Kier alpha value is -1.92. The molecular formula is C17H19ClN2O3S. The molecule has 1 aliphatic rings. The average Bonchev–Trinajstić information content (AvgIpc) is 3.09. The van der Waals surface area contributed by atoms with Gasteiger partial charge < -0.3 is 9.64 Å². The van der Waals surface area contributed by atoms with E-state index >= 15 is 0 Å². The molecule has 0 unspecified atom stereocenters. The quantitative estimate of drug-likeness (QED) is 0.875. The smallest absolute Gasteiger partial charge is 0.261 e. The highest BCUT2D eigenvalue weighted by Gasteiger charge is 2.18. The molecule has 5 nitrogen and oxygen atoms in total. The normalized spacial score (nSPS) is 14.7. The van der Waals surface area contributed by atoms with Gasteiger partial charge >= 0.3 is 0 Å². The second-order valence-electron chi connectivity index (χ2n) is 5.65. The molecule has 1 aliphatic heterocycles. The van der Waals surface area contributed by atoms with Gasteiger partial charge in [-0.25, -0.2) is 8.42 Å². The van der Waals surface area contributed by atoms with Crippen molar-refractivity contribution in [2.45, 2.75) is 17.7 Å². The standard InChI is InChI=1S/C17H19ClN2O3S/c1-23-17-8-7-15(12-16(17)18)24(21,22)19-13-5-4-6-14(11-13)20-9-2-3-10-20/h4-8,11-12,19H,2-3,9-10H2,1H3. The molecule has 24 heavy (non-hydrogen) atoms. The number of ether oxygens (including phenoxy) is 1. The molecule has 0 aromatic heterocycles. The Morgan fingerprint density at radius 1 is 1.12 bits per heavy atom. The zero-order valence-corrected chi connectivity index (χ0v) is 14.9. The van der Waals surface area contributed by atoms with Crippen molar-refractivity contribution >= 4 is 33.0 Å². The molecule has 128 valence electrons. The van der Waals surface area contributed by atoms with Gasteiger partial charge in [-0.05, 0) is 49.2 Å². The molecule has 0 spiro atoms. The largest absolute Gasteiger partial charge is 0.495 e. The van der Waals surface area contributed by atoms with E-state index in [9.17, 15) is 8.42 Å². The highest BCUT2D eigenvalue weighted by atomic mass is 35.5. The summed E-state index contributed by atoms with van der Waals surface area (Å²) in [6, 6.07) is 11.8. The lowest BCUT2D eigenvalue weighted by atomic mass is 10.2. The fourth-order valence-electron chi connectivity index (χ4n) is 2.77. The summed E-state index contributed by atoms with van der Waals surface area (Å²) in [5.74, 6) is 0.437. The van der Waals surface area contributed by atoms with E-state index in [2.05, 4.69) is 9.62 Å². The van der Waals surface area contributed by atoms with Gasteiger partial charge in [0.25, 0.3) is 10.0 Å². The van der Waals surface area contributed by atoms with E-state index in [1.165, 1.54) is 38.2 Å². The first-order valence-corrected chi connectivity index (χ1v) is 9.57. The molecule has 1 fully saturated rings. The lowest BCUT2D eigenvalue weighted by Crippen LogP contribution is -2.18. The summed E-state index contributed by atoms with van der Waals surface area (Å²) in [5.41, 5.74) is 1.56. The topological polar surface area (TPSA) is 58.6 Å². The summed E-state index contributed by atoms with van der Waals surface area (Å²) in [6.07, 6.45) is 2.33. The van der Waals surface area contributed by atoms with E-state index in [0.717, 1.165) is 18.8 Å². The first kappa shape index (κ1) is 16.9. The van der Waals surface area contributed by atoms with E-state index in [-0.39, 0.29) is 9.92 Å². The number of methoxy groups -OCH3 is 1. The van der Waals surface area contributed by atoms with Gasteiger partial charge in [0.2, 0.25) is 0 Å². The Morgan fingerprint density at radius 3 is 2.54 bits per heavy atom. The second-order valence-corrected chi connectivity index (χ2v) is 7.74. The van der Waals surface area contributed by atoms with Crippen LogP contribution in [-0.2, 0) is 10.0 Å². The van der Waals surface area contributed by atoms with Crippen LogP contribution in [0.5, 0.6) is 5.75 Å². The molecule has 0 atom stereocenters. The van der Waals surface area contributed by atoms with Crippen molar-refractivity contribution in [1.82, 2.24) is 0 Å². The van der Waals surface area contributed by atoms with Crippen LogP contribution in [0.15, 0.2) is 47.4 Å². The Labute approximate surface area is 147 Å². The summed E-state index contributed by atoms with van der Waals surface area (Å²) >= 11 is 6.03. The van der Waals surface area contributed by atoms with E-state index in [4.69, 9.17) is 16.3 Å². The monoisotopic (exact) mass is 366 g/mol. The predicted molar refractivity (Wildman–Crippen MR) is 96.7 cm³/mol. The van der Waals surface area contributed by atoms with Crippen molar-refractivity contribution < 1.29 is 13.2 Å². The SMILES string of the molecule is COc1ccc(S(=O)(=O)Nc2cccc(N3CCCC3)c2)cc1Cl. The maximum Gasteiger partial charge on any atom is 0.261 e. The van der Waals surface area contributed by atoms with Crippen LogP contribution in [0.1, 0.15) is 12.8 Å². The van der Waals surface area contributed by atoms with Crippen LogP contribution >= 0.6 is 11.6 Å². The number of nitrogens with one attached hydrogen (secondary N) is 1. The summed E-state index contributed by atoms with van der Waals surface area (Å²) in [4.78, 5) is 2.35. The molecule has 7 heteroatoms. The van der Waals surface area contributed by atoms with Crippen molar-refractivity contribution in [2.24, 2.45) is 0 Å². The van der Waals surface area contributed by atoms with Crippen molar-refractivity contribution in [3.05, 3.63) is 47.5 Å². The van der Waals surface area contributed by atoms with Crippen molar-refractivity contribution in [3.63, 3.8) is 0 Å². The minimum absolute atomic E-state index is 0.0971. The number of sulfonamides is 1. The minimum atomic E-state index is -3.71. The molecule has 1 saturated heterocycles. The van der Waals surface area contributed by atoms with Gasteiger partial charge in [0.05, 0.1) is 22.7 Å². The van der Waals surface area contributed by atoms with Gasteiger partial charge in [0, 0.05) is 18.8 Å². The van der Waals surface area contributed by atoms with Gasteiger partial charge in [-0.1, -0.05) is 17.7 Å². The number of benzene rings is 2. The summed E-state index contributed by atoms with van der Waals surface area (Å²) < 4.78 is 32.8. The number of halogens is 1. The lowest BCUT2D eigenvalue weighted by molar-refractivity contribution is 0.414. The molecule has 0 saturated carbocycles. The molecule has 2 aromatic carbocycles. The van der Waals surface area contributed by atoms with Crippen LogP contribution in [-0.4, -0.2) is 28.6 Å². The zero-order valence-electron chi connectivity index (χ0n) is 13.3. The first-order chi connectivity index (χ1) is 11.5. The van der Waals surface area contributed by atoms with Crippen LogP contribution in [0.4, 0.5) is 11.4 Å². The lowest BCUT2D eigenvalue weighted by Gasteiger charge is -2.18.